The molecule has 0 bridgehead atoms. The van der Waals surface area contributed by atoms with Gasteiger partial charge in [0.15, 0.2) is 5.75 Å². The largest absolute Gasteiger partial charge is 0.431 e. The van der Waals surface area contributed by atoms with E-state index in [0.717, 1.165) is 17.5 Å². The Kier molecular flexibility index (Phi) is 5.30. The number of nitrogens with one attached hydrogen (secondary N) is 1. The monoisotopic (exact) mass is 407 g/mol. The van der Waals surface area contributed by atoms with Crippen molar-refractivity contribution in [2.45, 2.75) is 13.3 Å². The number of aromatic nitrogens is 3. The van der Waals surface area contributed by atoms with Crippen LogP contribution in [0.5, 0.6) is 11.6 Å². The van der Waals surface area contributed by atoms with Gasteiger partial charge in [0, 0.05) is 22.5 Å². The minimum Gasteiger partial charge on any atom is -0.431 e. The average molecular weight is 407 g/mol. The quantitative estimate of drug-likeness (QED) is 0.348. The molecule has 0 radical (unpaired) electrons. The van der Waals surface area contributed by atoms with Crippen molar-refractivity contribution in [1.29, 1.82) is 0 Å². The lowest BCUT2D eigenvalue weighted by molar-refractivity contribution is -0.385. The molecule has 3 aromatic heterocycles. The Morgan fingerprint density at radius 3 is 2.86 bits per heavy atom. The van der Waals surface area contributed by atoms with Gasteiger partial charge in [-0.2, -0.15) is 4.98 Å². The van der Waals surface area contributed by atoms with Gasteiger partial charge in [0.2, 0.25) is 5.82 Å². The van der Waals surface area contributed by atoms with Gasteiger partial charge in [0.05, 0.1) is 4.92 Å². The third-order valence-electron chi connectivity index (χ3n) is 4.24. The van der Waals surface area contributed by atoms with Crippen molar-refractivity contribution in [3.05, 3.63) is 74.9 Å². The number of anilines is 1. The van der Waals surface area contributed by atoms with Gasteiger partial charge in [-0.1, -0.05) is 24.3 Å². The van der Waals surface area contributed by atoms with Crippen molar-refractivity contribution in [2.24, 2.45) is 0 Å². The van der Waals surface area contributed by atoms with Gasteiger partial charge in [0.25, 0.3) is 0 Å². The molecule has 4 aromatic rings. The van der Waals surface area contributed by atoms with Gasteiger partial charge in [-0.15, -0.1) is 11.3 Å². The molecule has 0 unspecified atom stereocenters. The van der Waals surface area contributed by atoms with Crippen LogP contribution in [0.1, 0.15) is 10.6 Å². The molecule has 0 amide bonds. The first-order valence-electron chi connectivity index (χ1n) is 8.91. The molecule has 0 saturated carbocycles. The molecule has 0 saturated heterocycles. The van der Waals surface area contributed by atoms with Crippen LogP contribution >= 0.6 is 11.3 Å². The number of benzene rings is 1. The Labute approximate surface area is 170 Å². The maximum absolute atomic E-state index is 11.7. The average Bonchev–Trinajstić information content (AvgIpc) is 3.22. The molecule has 1 aromatic carbocycles. The summed E-state index contributed by atoms with van der Waals surface area (Å²) in [5.41, 5.74) is 1.14. The number of nitrogens with zero attached hydrogens (tertiary/aromatic N) is 4. The summed E-state index contributed by atoms with van der Waals surface area (Å²) >= 11 is 1.64. The van der Waals surface area contributed by atoms with Crippen LogP contribution in [0.4, 0.5) is 11.5 Å². The van der Waals surface area contributed by atoms with Crippen LogP contribution in [-0.4, -0.2) is 26.4 Å². The van der Waals surface area contributed by atoms with Crippen molar-refractivity contribution in [1.82, 2.24) is 15.0 Å². The minimum absolute atomic E-state index is 0.126. The van der Waals surface area contributed by atoms with Crippen LogP contribution in [0.3, 0.4) is 0 Å². The number of fused-ring (bicyclic) bond motifs is 1. The molecule has 29 heavy (non-hydrogen) atoms. The summed E-state index contributed by atoms with van der Waals surface area (Å²) < 4.78 is 5.84. The Hall–Kier alpha value is -3.59. The van der Waals surface area contributed by atoms with E-state index < -0.39 is 4.92 Å². The van der Waals surface area contributed by atoms with E-state index in [1.54, 1.807) is 17.4 Å². The fraction of sp³-hybridized carbons (Fsp3) is 0.150. The zero-order valence-corrected chi connectivity index (χ0v) is 16.3. The highest BCUT2D eigenvalue weighted by Crippen LogP contribution is 2.36. The van der Waals surface area contributed by atoms with Gasteiger partial charge in [-0.3, -0.25) is 10.1 Å². The summed E-state index contributed by atoms with van der Waals surface area (Å²) in [5.74, 6) is 0.401. The fourth-order valence-electron chi connectivity index (χ4n) is 2.89. The Morgan fingerprint density at radius 1 is 1.17 bits per heavy atom. The summed E-state index contributed by atoms with van der Waals surface area (Å²) in [7, 11) is 0. The standard InChI is InChI=1S/C20H17N5O3S/c1-13-7-8-14-4-2-6-16(17(14)24-13)28-20-18(25(26)27)19(22-12-23-20)21-10-9-15-5-3-11-29-15/h2-8,11-12H,9-10H2,1H3,(H,21,22,23). The summed E-state index contributed by atoms with van der Waals surface area (Å²) in [4.78, 5) is 24.9. The number of para-hydroxylation sites is 1. The third kappa shape index (κ3) is 4.14. The molecular formula is C20H17N5O3S. The van der Waals surface area contributed by atoms with Gasteiger partial charge >= 0.3 is 11.6 Å². The van der Waals surface area contributed by atoms with Crippen LogP contribution in [0.2, 0.25) is 0 Å². The second-order valence-electron chi connectivity index (χ2n) is 6.27. The van der Waals surface area contributed by atoms with E-state index in [2.05, 4.69) is 20.3 Å². The van der Waals surface area contributed by atoms with E-state index >= 15 is 0 Å². The maximum Gasteiger partial charge on any atom is 0.373 e. The number of ether oxygens (including phenoxy) is 1. The number of hydrogen-bond acceptors (Lipinski definition) is 8. The molecule has 4 rings (SSSR count). The molecule has 8 nitrogen and oxygen atoms in total. The molecule has 0 aliphatic rings. The first-order chi connectivity index (χ1) is 14.1. The smallest absolute Gasteiger partial charge is 0.373 e. The molecule has 9 heteroatoms. The Balaban J connectivity index is 1.64. The number of hydrogen-bond donors (Lipinski definition) is 1. The first kappa shape index (κ1) is 18.8. The van der Waals surface area contributed by atoms with E-state index in [1.165, 1.54) is 11.2 Å². The molecule has 0 aliphatic carbocycles. The number of thiophene rings is 1. The molecular weight excluding hydrogens is 390 g/mol. The van der Waals surface area contributed by atoms with Gasteiger partial charge in [0.1, 0.15) is 11.8 Å². The maximum atomic E-state index is 11.7. The molecule has 0 spiro atoms. The molecule has 0 aliphatic heterocycles. The summed E-state index contributed by atoms with van der Waals surface area (Å²) in [6.07, 6.45) is 1.99. The second-order valence-corrected chi connectivity index (χ2v) is 7.30. The SMILES string of the molecule is Cc1ccc2cccc(Oc3ncnc(NCCc4cccs4)c3[N+](=O)[O-])c2n1. The number of nitro groups is 1. The zero-order chi connectivity index (χ0) is 20.2. The van der Waals surface area contributed by atoms with Crippen molar-refractivity contribution >= 4 is 33.7 Å². The van der Waals surface area contributed by atoms with Gasteiger partial charge in [-0.25, -0.2) is 9.97 Å². The van der Waals surface area contributed by atoms with E-state index in [4.69, 9.17) is 4.74 Å². The van der Waals surface area contributed by atoms with E-state index in [1.807, 2.05) is 48.7 Å². The highest BCUT2D eigenvalue weighted by atomic mass is 32.1. The van der Waals surface area contributed by atoms with Crippen molar-refractivity contribution in [3.63, 3.8) is 0 Å². The zero-order valence-electron chi connectivity index (χ0n) is 15.5. The lowest BCUT2D eigenvalue weighted by Crippen LogP contribution is -2.09. The first-order valence-corrected chi connectivity index (χ1v) is 9.79. The summed E-state index contributed by atoms with van der Waals surface area (Å²) in [5, 5.41) is 17.6. The van der Waals surface area contributed by atoms with Crippen molar-refractivity contribution < 1.29 is 9.66 Å². The van der Waals surface area contributed by atoms with Gasteiger partial charge in [-0.05, 0) is 36.9 Å². The normalized spacial score (nSPS) is 10.8. The molecule has 0 fully saturated rings. The third-order valence-corrected chi connectivity index (χ3v) is 5.18. The predicted octanol–water partition coefficient (Wildman–Crippen LogP) is 4.75. The highest BCUT2D eigenvalue weighted by Gasteiger charge is 2.25. The lowest BCUT2D eigenvalue weighted by atomic mass is 10.2. The topological polar surface area (TPSA) is 103 Å². The highest BCUT2D eigenvalue weighted by molar-refractivity contribution is 7.09. The van der Waals surface area contributed by atoms with E-state index in [9.17, 15) is 10.1 Å². The van der Waals surface area contributed by atoms with Crippen LogP contribution < -0.4 is 10.1 Å². The number of rotatable bonds is 7. The molecule has 3 heterocycles. The number of pyridine rings is 1. The molecule has 146 valence electrons. The van der Waals surface area contributed by atoms with E-state index in [-0.39, 0.29) is 17.4 Å². The molecule has 0 atom stereocenters. The van der Waals surface area contributed by atoms with Crippen LogP contribution in [0.15, 0.2) is 54.2 Å². The van der Waals surface area contributed by atoms with Crippen LogP contribution in [-0.2, 0) is 6.42 Å². The number of aryl methyl sites for hydroxylation is 1. The lowest BCUT2D eigenvalue weighted by Gasteiger charge is -2.10. The van der Waals surface area contributed by atoms with Crippen LogP contribution in [0, 0.1) is 17.0 Å². The Bertz CT molecular complexity index is 1160. The van der Waals surface area contributed by atoms with Crippen molar-refractivity contribution in [2.75, 3.05) is 11.9 Å². The van der Waals surface area contributed by atoms with Crippen LogP contribution in [0.25, 0.3) is 10.9 Å². The Morgan fingerprint density at radius 2 is 2.07 bits per heavy atom. The minimum atomic E-state index is -0.535. The fourth-order valence-corrected chi connectivity index (χ4v) is 3.60. The van der Waals surface area contributed by atoms with E-state index in [0.29, 0.717) is 17.8 Å². The summed E-state index contributed by atoms with van der Waals surface area (Å²) in [6.45, 7) is 2.38. The van der Waals surface area contributed by atoms with Gasteiger partial charge < -0.3 is 10.1 Å². The predicted molar refractivity (Wildman–Crippen MR) is 112 cm³/mol. The second kappa shape index (κ2) is 8.19. The molecule has 1 N–H and O–H groups in total. The van der Waals surface area contributed by atoms with Crippen molar-refractivity contribution in [3.8, 4) is 11.6 Å². The summed E-state index contributed by atoms with van der Waals surface area (Å²) in [6, 6.07) is 13.2.